The summed E-state index contributed by atoms with van der Waals surface area (Å²) in [6.07, 6.45) is 0. The van der Waals surface area contributed by atoms with Gasteiger partial charge in [0.1, 0.15) is 0 Å². The van der Waals surface area contributed by atoms with Crippen molar-refractivity contribution in [3.05, 3.63) is 45.6 Å². The van der Waals surface area contributed by atoms with Crippen molar-refractivity contribution in [2.24, 2.45) is 0 Å². The van der Waals surface area contributed by atoms with Crippen LogP contribution in [0.5, 0.6) is 0 Å². The molecule has 4 rings (SSSR count). The van der Waals surface area contributed by atoms with E-state index < -0.39 is 11.8 Å². The van der Waals surface area contributed by atoms with Crippen LogP contribution in [0.2, 0.25) is 0 Å². The molecule has 0 radical (unpaired) electrons. The zero-order chi connectivity index (χ0) is 11.7. The number of amides is 2. The number of carbonyl (C=O) groups excluding carboxylic acids is 2. The zero-order valence-corrected chi connectivity index (χ0v) is 8.53. The maximum atomic E-state index is 11.8. The molecule has 1 aliphatic heterocycles. The van der Waals surface area contributed by atoms with Crippen molar-refractivity contribution in [3.63, 3.8) is 0 Å². The molecule has 80 valence electrons. The van der Waals surface area contributed by atoms with Crippen LogP contribution in [0.4, 0.5) is 0 Å². The highest BCUT2D eigenvalue weighted by Crippen LogP contribution is 2.33. The van der Waals surface area contributed by atoms with Gasteiger partial charge in [-0.25, -0.2) is 0 Å². The van der Waals surface area contributed by atoms with Crippen molar-refractivity contribution in [2.45, 2.75) is 0 Å². The van der Waals surface area contributed by atoms with Crippen molar-refractivity contribution >= 4 is 33.4 Å². The van der Waals surface area contributed by atoms with Crippen LogP contribution in [0.15, 0.2) is 29.1 Å². The second-order valence-corrected chi connectivity index (χ2v) is 4.19. The Morgan fingerprint density at radius 1 is 0.941 bits per heavy atom. The van der Waals surface area contributed by atoms with Gasteiger partial charge in [-0.2, -0.15) is 0 Å². The van der Waals surface area contributed by atoms with E-state index in [1.54, 1.807) is 24.3 Å². The van der Waals surface area contributed by atoms with Crippen molar-refractivity contribution in [1.82, 2.24) is 5.32 Å². The third-order valence-corrected chi connectivity index (χ3v) is 3.27. The first-order valence-electron chi connectivity index (χ1n) is 5.18. The van der Waals surface area contributed by atoms with Crippen LogP contribution in [0.1, 0.15) is 20.7 Å². The molecule has 3 aromatic carbocycles. The lowest BCUT2D eigenvalue weighted by Gasteiger charge is -2.15. The molecular formula is C13H5NO3. The van der Waals surface area contributed by atoms with E-state index >= 15 is 0 Å². The summed E-state index contributed by atoms with van der Waals surface area (Å²) in [6.45, 7) is 0. The van der Waals surface area contributed by atoms with E-state index in [2.05, 4.69) is 5.32 Å². The van der Waals surface area contributed by atoms with Crippen LogP contribution in [-0.4, -0.2) is 11.8 Å². The molecule has 1 aliphatic rings. The van der Waals surface area contributed by atoms with Crippen LogP contribution in [0.25, 0.3) is 21.5 Å². The first-order chi connectivity index (χ1) is 8.18. The van der Waals surface area contributed by atoms with Crippen molar-refractivity contribution < 1.29 is 9.59 Å². The maximum Gasteiger partial charge on any atom is 0.259 e. The summed E-state index contributed by atoms with van der Waals surface area (Å²) in [4.78, 5) is 35.0. The predicted molar refractivity (Wildman–Crippen MR) is 61.9 cm³/mol. The van der Waals surface area contributed by atoms with Gasteiger partial charge in [-0.05, 0) is 17.5 Å². The summed E-state index contributed by atoms with van der Waals surface area (Å²) in [5, 5.41) is 4.69. The van der Waals surface area contributed by atoms with Crippen LogP contribution < -0.4 is 10.7 Å². The van der Waals surface area contributed by atoms with E-state index in [0.717, 1.165) is 5.39 Å². The smallest absolute Gasteiger partial charge is 0.259 e. The van der Waals surface area contributed by atoms with Crippen molar-refractivity contribution in [1.29, 1.82) is 0 Å². The SMILES string of the molecule is O=C1NC(=O)c2c3c1cccc3cc1c(=O)c21. The molecule has 4 nitrogen and oxygen atoms in total. The van der Waals surface area contributed by atoms with Crippen LogP contribution >= 0.6 is 0 Å². The molecule has 0 bridgehead atoms. The lowest BCUT2D eigenvalue weighted by molar-refractivity contribution is 0.0846. The van der Waals surface area contributed by atoms with Crippen molar-refractivity contribution in [3.8, 4) is 0 Å². The van der Waals surface area contributed by atoms with E-state index in [-0.39, 0.29) is 5.43 Å². The van der Waals surface area contributed by atoms with Gasteiger partial charge in [0, 0.05) is 21.7 Å². The molecular weight excluding hydrogens is 218 g/mol. The van der Waals surface area contributed by atoms with E-state index in [1.807, 2.05) is 0 Å². The standard InChI is InChI=1S/C13H5NO3/c15-11-7-4-5-2-1-3-6-8(5)10(9(7)11)13(17)14-12(6)16/h1-4H,(H,14,16,17). The summed E-state index contributed by atoms with van der Waals surface area (Å²) in [6, 6.07) is 6.95. The number of rotatable bonds is 0. The number of fused-ring (bicyclic) bond motifs is 2. The molecule has 0 spiro atoms. The molecule has 4 heteroatoms. The highest BCUT2D eigenvalue weighted by atomic mass is 16.2. The third-order valence-electron chi connectivity index (χ3n) is 3.27. The second kappa shape index (κ2) is 2.43. The van der Waals surface area contributed by atoms with Gasteiger partial charge in [0.05, 0.1) is 5.56 Å². The molecule has 1 heterocycles. The van der Waals surface area contributed by atoms with Crippen LogP contribution in [0.3, 0.4) is 0 Å². The fourth-order valence-corrected chi connectivity index (χ4v) is 2.47. The maximum absolute atomic E-state index is 11.8. The lowest BCUT2D eigenvalue weighted by atomic mass is 9.95. The minimum atomic E-state index is -0.471. The largest absolute Gasteiger partial charge is 0.289 e. The monoisotopic (exact) mass is 223 g/mol. The summed E-state index contributed by atoms with van der Waals surface area (Å²) in [7, 11) is 0. The highest BCUT2D eigenvalue weighted by molar-refractivity contribution is 6.32. The number of benzene rings is 2. The lowest BCUT2D eigenvalue weighted by Crippen LogP contribution is -2.34. The van der Waals surface area contributed by atoms with Gasteiger partial charge in [-0.3, -0.25) is 19.7 Å². The topological polar surface area (TPSA) is 63.2 Å². The van der Waals surface area contributed by atoms with Gasteiger partial charge in [0.25, 0.3) is 11.8 Å². The van der Waals surface area contributed by atoms with Crippen LogP contribution in [-0.2, 0) is 0 Å². The Kier molecular flexibility index (Phi) is 1.23. The molecule has 2 amide bonds. The van der Waals surface area contributed by atoms with E-state index in [4.69, 9.17) is 0 Å². The predicted octanol–water partition coefficient (Wildman–Crippen LogP) is 1.11. The first kappa shape index (κ1) is 8.64. The van der Waals surface area contributed by atoms with Gasteiger partial charge in [0.2, 0.25) is 0 Å². The summed E-state index contributed by atoms with van der Waals surface area (Å²) in [5.41, 5.74) is 0.726. The second-order valence-electron chi connectivity index (χ2n) is 4.19. The first-order valence-corrected chi connectivity index (χ1v) is 5.18. The molecule has 1 N–H and O–H groups in total. The van der Waals surface area contributed by atoms with E-state index in [1.165, 1.54) is 0 Å². The molecule has 0 fully saturated rings. The number of carbonyl (C=O) groups is 2. The Balaban J connectivity index is 2.37. The fourth-order valence-electron chi connectivity index (χ4n) is 2.47. The molecule has 0 aromatic heterocycles. The highest BCUT2D eigenvalue weighted by Gasteiger charge is 2.31. The molecule has 0 saturated carbocycles. The van der Waals surface area contributed by atoms with Gasteiger partial charge in [-0.15, -0.1) is 0 Å². The van der Waals surface area contributed by atoms with Gasteiger partial charge >= 0.3 is 0 Å². The third kappa shape index (κ3) is 0.864. The summed E-state index contributed by atoms with van der Waals surface area (Å²) in [5.74, 6) is -0.873. The molecule has 3 aromatic rings. The number of hydrogen-bond donors (Lipinski definition) is 1. The summed E-state index contributed by atoms with van der Waals surface area (Å²) >= 11 is 0. The van der Waals surface area contributed by atoms with Crippen molar-refractivity contribution in [2.75, 3.05) is 0 Å². The number of hydrogen-bond acceptors (Lipinski definition) is 3. The normalized spacial score (nSPS) is 14.8. The summed E-state index contributed by atoms with van der Waals surface area (Å²) < 4.78 is 0. The molecule has 0 atom stereocenters. The Labute approximate surface area is 94.5 Å². The molecule has 0 unspecified atom stereocenters. The Morgan fingerprint density at radius 2 is 1.76 bits per heavy atom. The molecule has 17 heavy (non-hydrogen) atoms. The zero-order valence-electron chi connectivity index (χ0n) is 8.53. The quantitative estimate of drug-likeness (QED) is 0.581. The number of imide groups is 1. The Morgan fingerprint density at radius 3 is 2.59 bits per heavy atom. The Hall–Kier alpha value is -2.49. The molecule has 0 saturated heterocycles. The van der Waals surface area contributed by atoms with Gasteiger partial charge in [0.15, 0.2) is 5.43 Å². The van der Waals surface area contributed by atoms with E-state index in [0.29, 0.717) is 27.3 Å². The minimum Gasteiger partial charge on any atom is -0.289 e. The number of nitrogens with one attached hydrogen (secondary N) is 1. The minimum absolute atomic E-state index is 0.0911. The van der Waals surface area contributed by atoms with Crippen LogP contribution in [0, 0.1) is 0 Å². The molecule has 0 aliphatic carbocycles. The average Bonchev–Trinajstić information content (AvgIpc) is 2.95. The Bertz CT molecular complexity index is 866. The van der Waals surface area contributed by atoms with Gasteiger partial charge in [-0.1, -0.05) is 12.1 Å². The van der Waals surface area contributed by atoms with Gasteiger partial charge < -0.3 is 0 Å². The fraction of sp³-hybridized carbons (Fsp3) is 0. The average molecular weight is 223 g/mol. The van der Waals surface area contributed by atoms with E-state index in [9.17, 15) is 14.4 Å².